The molecule has 0 aromatic heterocycles. The molecule has 19 heavy (non-hydrogen) atoms. The monoisotopic (exact) mass is 386 g/mol. The van der Waals surface area contributed by atoms with Gasteiger partial charge in [0.25, 0.3) is 0 Å². The molecule has 110 valence electrons. The van der Waals surface area contributed by atoms with Crippen LogP contribution in [0.2, 0.25) is 0 Å². The maximum absolute atomic E-state index is 11.3. The second-order valence-electron chi connectivity index (χ2n) is 5.08. The Bertz CT molecular complexity index is 189. The molecule has 0 bridgehead atoms. The van der Waals surface area contributed by atoms with Crippen LogP contribution in [-0.2, 0) is 39.9 Å². The summed E-state index contributed by atoms with van der Waals surface area (Å²) < 4.78 is 0. The molecule has 0 aromatic rings. The van der Waals surface area contributed by atoms with E-state index >= 15 is 0 Å². The number of unbranched alkanes of at least 4 members (excludes halogenated alkanes) is 8. The van der Waals surface area contributed by atoms with Crippen LogP contribution in [0.15, 0.2) is 0 Å². The zero-order valence-corrected chi connectivity index (χ0v) is 17.8. The van der Waals surface area contributed by atoms with Gasteiger partial charge in [-0.25, -0.2) is 0 Å². The van der Waals surface area contributed by atoms with Crippen LogP contribution in [0.1, 0.15) is 78.1 Å². The molecule has 0 saturated carbocycles. The number of rotatable bonds is 12. The molecule has 0 atom stereocenters. The fourth-order valence-corrected chi connectivity index (χ4v) is 2.29. The van der Waals surface area contributed by atoms with Crippen molar-refractivity contribution in [2.24, 2.45) is 0 Å². The van der Waals surface area contributed by atoms with E-state index in [2.05, 4.69) is 13.8 Å². The standard InChI is InChI=1S/C15H31NOS.Cd/c1-3-5-7-9-11-13-16(15(17)18)14-12-10-8-6-4-2;/h3-14H2,1-2H3,(H,17,18);/p-1. The van der Waals surface area contributed by atoms with Crippen LogP contribution in [0.3, 0.4) is 0 Å². The smallest absolute Gasteiger partial charge is 0.101 e. The van der Waals surface area contributed by atoms with Gasteiger partial charge in [0.05, 0.1) is 0 Å². The summed E-state index contributed by atoms with van der Waals surface area (Å²) in [6.07, 6.45) is 12.4. The molecule has 0 saturated heterocycles. The molecule has 0 aliphatic rings. The summed E-state index contributed by atoms with van der Waals surface area (Å²) >= 11 is 4.79. The number of hydrogen-bond acceptors (Lipinski definition) is 2. The molecular formula is C15H30CdNOS-. The molecule has 0 aromatic carbocycles. The van der Waals surface area contributed by atoms with Crippen molar-refractivity contribution in [2.45, 2.75) is 78.1 Å². The third-order valence-electron chi connectivity index (χ3n) is 3.32. The Morgan fingerprint density at radius 1 is 0.789 bits per heavy atom. The van der Waals surface area contributed by atoms with Gasteiger partial charge in [-0.05, 0) is 12.8 Å². The number of carbonyl (C=O) groups is 1. The van der Waals surface area contributed by atoms with Crippen LogP contribution < -0.4 is 0 Å². The Balaban J connectivity index is 0. The van der Waals surface area contributed by atoms with Crippen LogP contribution in [0, 0.1) is 0 Å². The van der Waals surface area contributed by atoms with Crippen molar-refractivity contribution in [3.63, 3.8) is 0 Å². The maximum atomic E-state index is 11.3. The molecule has 0 unspecified atom stereocenters. The predicted octanol–water partition coefficient (Wildman–Crippen LogP) is 4.89. The maximum Gasteiger partial charge on any atom is 0.101 e. The fraction of sp³-hybridized carbons (Fsp3) is 0.933. The Morgan fingerprint density at radius 3 is 1.47 bits per heavy atom. The first-order valence-corrected chi connectivity index (χ1v) is 8.09. The summed E-state index contributed by atoms with van der Waals surface area (Å²) in [5.74, 6) is 0. The van der Waals surface area contributed by atoms with Crippen molar-refractivity contribution >= 4 is 17.9 Å². The van der Waals surface area contributed by atoms with E-state index in [1.165, 1.54) is 51.4 Å². The summed E-state index contributed by atoms with van der Waals surface area (Å²) in [6, 6.07) is 0. The van der Waals surface area contributed by atoms with Crippen molar-refractivity contribution < 1.29 is 32.1 Å². The van der Waals surface area contributed by atoms with Gasteiger partial charge in [-0.15, -0.1) is 0 Å². The van der Waals surface area contributed by atoms with Gasteiger partial charge in [-0.3, -0.25) is 0 Å². The Kier molecular flexibility index (Phi) is 19.2. The summed E-state index contributed by atoms with van der Waals surface area (Å²) in [6.45, 7) is 6.16. The molecule has 0 N–H and O–H groups in total. The summed E-state index contributed by atoms with van der Waals surface area (Å²) in [4.78, 5) is 13.2. The molecule has 0 spiro atoms. The van der Waals surface area contributed by atoms with E-state index in [9.17, 15) is 4.79 Å². The van der Waals surface area contributed by atoms with Gasteiger partial charge in [0, 0.05) is 40.4 Å². The topological polar surface area (TPSA) is 20.3 Å². The first-order chi connectivity index (χ1) is 8.72. The van der Waals surface area contributed by atoms with Crippen LogP contribution in [0.25, 0.3) is 0 Å². The third-order valence-corrected chi connectivity index (χ3v) is 3.58. The minimum Gasteiger partial charge on any atom is -0.719 e. The van der Waals surface area contributed by atoms with E-state index < -0.39 is 0 Å². The minimum absolute atomic E-state index is 0. The second-order valence-corrected chi connectivity index (χ2v) is 5.43. The van der Waals surface area contributed by atoms with E-state index in [0.717, 1.165) is 25.9 Å². The van der Waals surface area contributed by atoms with Crippen LogP contribution in [-0.4, -0.2) is 23.2 Å². The third kappa shape index (κ3) is 14.8. The Hall–Kier alpha value is 0.612. The molecule has 0 radical (unpaired) electrons. The molecule has 0 aliphatic heterocycles. The normalized spacial score (nSPS) is 10.0. The zero-order valence-electron chi connectivity index (χ0n) is 13.0. The van der Waals surface area contributed by atoms with Gasteiger partial charge in [-0.1, -0.05) is 65.2 Å². The largest absolute Gasteiger partial charge is 0.719 e. The Morgan fingerprint density at radius 2 is 1.16 bits per heavy atom. The van der Waals surface area contributed by atoms with Crippen molar-refractivity contribution in [2.75, 3.05) is 13.1 Å². The first kappa shape index (κ1) is 21.9. The molecular weight excluding hydrogens is 355 g/mol. The van der Waals surface area contributed by atoms with Crippen molar-refractivity contribution in [3.05, 3.63) is 0 Å². The zero-order chi connectivity index (χ0) is 13.6. The predicted molar refractivity (Wildman–Crippen MR) is 81.9 cm³/mol. The van der Waals surface area contributed by atoms with Crippen LogP contribution in [0.4, 0.5) is 4.79 Å². The van der Waals surface area contributed by atoms with E-state index in [0.29, 0.717) is 0 Å². The van der Waals surface area contributed by atoms with Gasteiger partial charge in [-0.2, -0.15) is 0 Å². The van der Waals surface area contributed by atoms with Gasteiger partial charge in [0.1, 0.15) is 5.24 Å². The molecule has 0 fully saturated rings. The number of amides is 1. The number of nitrogens with zero attached hydrogens (tertiary/aromatic N) is 1. The molecule has 2 nitrogen and oxygen atoms in total. The summed E-state index contributed by atoms with van der Waals surface area (Å²) in [5, 5.41) is -0.166. The minimum atomic E-state index is -0.166. The second kappa shape index (κ2) is 16.7. The molecule has 0 rings (SSSR count). The van der Waals surface area contributed by atoms with Crippen LogP contribution in [0.5, 0.6) is 0 Å². The Labute approximate surface area is 145 Å². The van der Waals surface area contributed by atoms with E-state index in [-0.39, 0.29) is 32.5 Å². The SMILES string of the molecule is CCCCCCCN(CCCCCCC)C(=O)[S-].[Cd]. The average molecular weight is 385 g/mol. The van der Waals surface area contributed by atoms with Crippen molar-refractivity contribution in [1.29, 1.82) is 0 Å². The van der Waals surface area contributed by atoms with Gasteiger partial charge in [0.2, 0.25) is 0 Å². The quantitative estimate of drug-likeness (QED) is 0.271. The number of hydrogen-bond donors (Lipinski definition) is 0. The molecule has 1 amide bonds. The van der Waals surface area contributed by atoms with E-state index in [4.69, 9.17) is 12.6 Å². The van der Waals surface area contributed by atoms with E-state index in [1.54, 1.807) is 0 Å². The van der Waals surface area contributed by atoms with Gasteiger partial charge >= 0.3 is 0 Å². The summed E-state index contributed by atoms with van der Waals surface area (Å²) in [5.41, 5.74) is 0. The average Bonchev–Trinajstić information content (AvgIpc) is 2.35. The summed E-state index contributed by atoms with van der Waals surface area (Å²) in [7, 11) is 0. The van der Waals surface area contributed by atoms with Gasteiger partial charge in [0.15, 0.2) is 0 Å². The fourth-order valence-electron chi connectivity index (χ4n) is 2.11. The molecule has 4 heteroatoms. The van der Waals surface area contributed by atoms with Gasteiger partial charge < -0.3 is 22.3 Å². The number of carbonyl (C=O) groups excluding carboxylic acids is 1. The molecule has 0 heterocycles. The first-order valence-electron chi connectivity index (χ1n) is 7.68. The van der Waals surface area contributed by atoms with Crippen molar-refractivity contribution in [1.82, 2.24) is 4.90 Å². The molecule has 0 aliphatic carbocycles. The van der Waals surface area contributed by atoms with Crippen LogP contribution >= 0.6 is 0 Å². The van der Waals surface area contributed by atoms with E-state index in [1.807, 2.05) is 4.90 Å². The van der Waals surface area contributed by atoms with Crippen molar-refractivity contribution in [3.8, 4) is 0 Å².